The van der Waals surface area contributed by atoms with Crippen LogP contribution in [0.1, 0.15) is 11.1 Å². The van der Waals surface area contributed by atoms with Crippen LogP contribution in [0, 0.1) is 6.92 Å². The van der Waals surface area contributed by atoms with E-state index in [0.29, 0.717) is 0 Å². The lowest BCUT2D eigenvalue weighted by atomic mass is 10.1. The van der Waals surface area contributed by atoms with E-state index in [2.05, 4.69) is 6.58 Å². The van der Waals surface area contributed by atoms with Crippen LogP contribution in [0.2, 0.25) is 0 Å². The SMILES string of the molecule is C=Cc1cccc2c(=O)c3c(C)cccc3sc12. The zero-order valence-corrected chi connectivity index (χ0v) is 10.9. The van der Waals surface area contributed by atoms with Crippen LogP contribution in [0.3, 0.4) is 0 Å². The van der Waals surface area contributed by atoms with Crippen molar-refractivity contribution < 1.29 is 0 Å². The highest BCUT2D eigenvalue weighted by Gasteiger charge is 2.09. The van der Waals surface area contributed by atoms with E-state index >= 15 is 0 Å². The van der Waals surface area contributed by atoms with Crippen LogP contribution in [-0.2, 0) is 0 Å². The maximum Gasteiger partial charge on any atom is 0.196 e. The molecule has 1 aromatic heterocycles. The first-order valence-electron chi connectivity index (χ1n) is 5.80. The van der Waals surface area contributed by atoms with E-state index in [1.54, 1.807) is 17.4 Å². The van der Waals surface area contributed by atoms with Gasteiger partial charge >= 0.3 is 0 Å². The van der Waals surface area contributed by atoms with Crippen LogP contribution in [0.15, 0.2) is 47.8 Å². The molecule has 0 unspecified atom stereocenters. The summed E-state index contributed by atoms with van der Waals surface area (Å²) in [6, 6.07) is 11.8. The number of hydrogen-bond donors (Lipinski definition) is 0. The molecule has 2 aromatic carbocycles. The van der Waals surface area contributed by atoms with Gasteiger partial charge in [0.05, 0.1) is 0 Å². The second-order valence-electron chi connectivity index (χ2n) is 4.31. The second kappa shape index (κ2) is 4.07. The molecule has 0 spiro atoms. The highest BCUT2D eigenvalue weighted by Crippen LogP contribution is 2.29. The summed E-state index contributed by atoms with van der Waals surface area (Å²) >= 11 is 1.66. The molecule has 0 radical (unpaired) electrons. The van der Waals surface area contributed by atoms with Gasteiger partial charge in [-0.2, -0.15) is 0 Å². The lowest BCUT2D eigenvalue weighted by Gasteiger charge is -2.05. The Hall–Kier alpha value is -1.93. The summed E-state index contributed by atoms with van der Waals surface area (Å²) in [5.74, 6) is 0. The maximum absolute atomic E-state index is 12.5. The van der Waals surface area contributed by atoms with Crippen molar-refractivity contribution in [2.45, 2.75) is 6.92 Å². The van der Waals surface area contributed by atoms with Gasteiger partial charge in [-0.25, -0.2) is 0 Å². The third-order valence-electron chi connectivity index (χ3n) is 3.18. The zero-order valence-electron chi connectivity index (χ0n) is 10.1. The first kappa shape index (κ1) is 11.2. The van der Waals surface area contributed by atoms with Crippen LogP contribution in [0.5, 0.6) is 0 Å². The average Bonchev–Trinajstić information content (AvgIpc) is 2.38. The van der Waals surface area contributed by atoms with Crippen molar-refractivity contribution in [2.75, 3.05) is 0 Å². The number of aryl methyl sites for hydroxylation is 1. The van der Waals surface area contributed by atoms with E-state index in [1.165, 1.54) is 0 Å². The molecular formula is C16H12OS. The molecule has 0 bridgehead atoms. The van der Waals surface area contributed by atoms with Crippen molar-refractivity contribution in [2.24, 2.45) is 0 Å². The molecule has 0 N–H and O–H groups in total. The summed E-state index contributed by atoms with van der Waals surface area (Å²) in [7, 11) is 0. The van der Waals surface area contributed by atoms with Gasteiger partial charge in [0.2, 0.25) is 0 Å². The molecular weight excluding hydrogens is 240 g/mol. The lowest BCUT2D eigenvalue weighted by molar-refractivity contribution is 1.53. The molecule has 88 valence electrons. The molecule has 0 saturated heterocycles. The van der Waals surface area contributed by atoms with Crippen LogP contribution < -0.4 is 5.43 Å². The summed E-state index contributed by atoms with van der Waals surface area (Å²) in [5.41, 5.74) is 2.19. The zero-order chi connectivity index (χ0) is 12.7. The quantitative estimate of drug-likeness (QED) is 0.588. The Kier molecular flexibility index (Phi) is 2.53. The average molecular weight is 252 g/mol. The van der Waals surface area contributed by atoms with Crippen LogP contribution in [-0.4, -0.2) is 0 Å². The predicted octanol–water partition coefficient (Wildman–Crippen LogP) is 4.37. The fraction of sp³-hybridized carbons (Fsp3) is 0.0625. The van der Waals surface area contributed by atoms with Gasteiger partial charge in [0.15, 0.2) is 5.43 Å². The van der Waals surface area contributed by atoms with Gasteiger partial charge in [-0.1, -0.05) is 36.9 Å². The van der Waals surface area contributed by atoms with Crippen LogP contribution in [0.25, 0.3) is 26.2 Å². The molecule has 2 heteroatoms. The molecule has 3 rings (SSSR count). The largest absolute Gasteiger partial charge is 0.288 e. The van der Waals surface area contributed by atoms with E-state index in [9.17, 15) is 4.79 Å². The molecule has 0 amide bonds. The first-order chi connectivity index (χ1) is 8.72. The Labute approximate surface area is 109 Å². The van der Waals surface area contributed by atoms with Gasteiger partial charge in [0, 0.05) is 20.2 Å². The third kappa shape index (κ3) is 1.50. The molecule has 1 nitrogen and oxygen atoms in total. The molecule has 0 atom stereocenters. The highest BCUT2D eigenvalue weighted by molar-refractivity contribution is 7.24. The normalized spacial score (nSPS) is 10.9. The molecule has 0 aliphatic rings. The summed E-state index contributed by atoms with van der Waals surface area (Å²) < 4.78 is 2.07. The predicted molar refractivity (Wildman–Crippen MR) is 80.4 cm³/mol. The van der Waals surface area contributed by atoms with E-state index in [4.69, 9.17) is 0 Å². The summed E-state index contributed by atoms with van der Waals surface area (Å²) in [4.78, 5) is 12.5. The molecule has 1 heterocycles. The lowest BCUT2D eigenvalue weighted by Crippen LogP contribution is -2.03. The molecule has 0 fully saturated rings. The van der Waals surface area contributed by atoms with Crippen LogP contribution in [0.4, 0.5) is 0 Å². The van der Waals surface area contributed by atoms with Gasteiger partial charge in [0.1, 0.15) is 0 Å². The summed E-state index contributed by atoms with van der Waals surface area (Å²) in [6.45, 7) is 5.80. The van der Waals surface area contributed by atoms with Gasteiger partial charge in [0.25, 0.3) is 0 Å². The molecule has 0 aliphatic heterocycles. The van der Waals surface area contributed by atoms with Crippen molar-refractivity contribution in [1.29, 1.82) is 0 Å². The monoisotopic (exact) mass is 252 g/mol. The number of hydrogen-bond acceptors (Lipinski definition) is 2. The van der Waals surface area contributed by atoms with Gasteiger partial charge in [-0.15, -0.1) is 11.3 Å². The topological polar surface area (TPSA) is 17.1 Å². The minimum absolute atomic E-state index is 0.126. The van der Waals surface area contributed by atoms with Crippen molar-refractivity contribution in [1.82, 2.24) is 0 Å². The summed E-state index contributed by atoms with van der Waals surface area (Å²) in [6.07, 6.45) is 1.81. The maximum atomic E-state index is 12.5. The van der Waals surface area contributed by atoms with Crippen molar-refractivity contribution in [3.63, 3.8) is 0 Å². The molecule has 18 heavy (non-hydrogen) atoms. The standard InChI is InChI=1S/C16H12OS/c1-3-11-7-5-8-12-15(17)14-10(2)6-4-9-13(14)18-16(11)12/h3-9H,1H2,2H3. The Bertz CT molecular complexity index is 827. The van der Waals surface area contributed by atoms with Gasteiger partial charge in [-0.3, -0.25) is 4.79 Å². The highest BCUT2D eigenvalue weighted by atomic mass is 32.1. The number of benzene rings is 2. The van der Waals surface area contributed by atoms with E-state index < -0.39 is 0 Å². The van der Waals surface area contributed by atoms with Gasteiger partial charge in [-0.05, 0) is 30.2 Å². The number of fused-ring (bicyclic) bond motifs is 2. The molecule has 0 saturated carbocycles. The summed E-state index contributed by atoms with van der Waals surface area (Å²) in [5, 5.41) is 1.63. The Morgan fingerprint density at radius 2 is 1.94 bits per heavy atom. The molecule has 3 aromatic rings. The molecule has 0 aliphatic carbocycles. The van der Waals surface area contributed by atoms with Crippen LogP contribution >= 0.6 is 11.3 Å². The minimum Gasteiger partial charge on any atom is -0.288 e. The fourth-order valence-corrected chi connectivity index (χ4v) is 3.53. The van der Waals surface area contributed by atoms with Crippen molar-refractivity contribution in [3.05, 3.63) is 64.3 Å². The van der Waals surface area contributed by atoms with Crippen molar-refractivity contribution in [3.8, 4) is 0 Å². The Balaban J connectivity index is 2.65. The first-order valence-corrected chi connectivity index (χ1v) is 6.61. The van der Waals surface area contributed by atoms with E-state index in [1.807, 2.05) is 43.3 Å². The number of rotatable bonds is 1. The van der Waals surface area contributed by atoms with Gasteiger partial charge < -0.3 is 0 Å². The minimum atomic E-state index is 0.126. The Morgan fingerprint density at radius 1 is 1.17 bits per heavy atom. The van der Waals surface area contributed by atoms with Crippen molar-refractivity contribution >= 4 is 37.6 Å². The fourth-order valence-electron chi connectivity index (χ4n) is 2.27. The second-order valence-corrected chi connectivity index (χ2v) is 5.36. The smallest absolute Gasteiger partial charge is 0.196 e. The third-order valence-corrected chi connectivity index (χ3v) is 4.40. The van der Waals surface area contributed by atoms with E-state index in [0.717, 1.165) is 31.3 Å². The Morgan fingerprint density at radius 3 is 2.72 bits per heavy atom. The van der Waals surface area contributed by atoms with E-state index in [-0.39, 0.29) is 5.43 Å².